The number of anilines is 1. The van der Waals surface area contributed by atoms with E-state index in [2.05, 4.69) is 13.0 Å². The van der Waals surface area contributed by atoms with Gasteiger partial charge in [0.05, 0.1) is 11.3 Å². The molecule has 0 bridgehead atoms. The zero-order valence-electron chi connectivity index (χ0n) is 11.0. The molecule has 4 heteroatoms. The second-order valence-corrected chi connectivity index (χ2v) is 5.57. The van der Waals surface area contributed by atoms with Gasteiger partial charge in [0.1, 0.15) is 5.82 Å². The summed E-state index contributed by atoms with van der Waals surface area (Å²) in [6.07, 6.45) is 1.46. The van der Waals surface area contributed by atoms with E-state index in [0.717, 1.165) is 6.42 Å². The van der Waals surface area contributed by atoms with Crippen molar-refractivity contribution in [3.8, 4) is 0 Å². The Morgan fingerprint density at radius 2 is 2.16 bits per heavy atom. The maximum absolute atomic E-state index is 13.6. The molecule has 1 aromatic heterocycles. The van der Waals surface area contributed by atoms with Crippen LogP contribution in [0, 0.1) is 5.82 Å². The van der Waals surface area contributed by atoms with Gasteiger partial charge in [0, 0.05) is 24.4 Å². The summed E-state index contributed by atoms with van der Waals surface area (Å²) in [6, 6.07) is 9.01. The number of thiophene rings is 1. The quantitative estimate of drug-likeness (QED) is 0.775. The minimum absolute atomic E-state index is 0.128. The van der Waals surface area contributed by atoms with Crippen LogP contribution in [0.25, 0.3) is 0 Å². The standard InChI is InChI=1S/C15H16FNOS/c1-11(9-12-5-4-8-19-12)17(2)15-7-3-6-14(16)13(15)10-18/h3-8,10-11H,9H2,1-2H3. The zero-order chi connectivity index (χ0) is 13.8. The van der Waals surface area contributed by atoms with E-state index in [1.54, 1.807) is 23.5 Å². The maximum Gasteiger partial charge on any atom is 0.155 e. The Hall–Kier alpha value is -1.68. The van der Waals surface area contributed by atoms with Gasteiger partial charge in [-0.25, -0.2) is 4.39 Å². The summed E-state index contributed by atoms with van der Waals surface area (Å²) in [6.45, 7) is 2.07. The molecule has 1 atom stereocenters. The highest BCUT2D eigenvalue weighted by Gasteiger charge is 2.16. The molecule has 0 aliphatic carbocycles. The van der Waals surface area contributed by atoms with Crippen LogP contribution in [0.15, 0.2) is 35.7 Å². The smallest absolute Gasteiger partial charge is 0.155 e. The number of nitrogens with zero attached hydrogens (tertiary/aromatic N) is 1. The summed E-state index contributed by atoms with van der Waals surface area (Å²) in [5.41, 5.74) is 0.766. The van der Waals surface area contributed by atoms with E-state index in [-0.39, 0.29) is 11.6 Å². The highest BCUT2D eigenvalue weighted by atomic mass is 32.1. The number of carbonyl (C=O) groups excluding carboxylic acids is 1. The molecule has 1 heterocycles. The Morgan fingerprint density at radius 3 is 2.79 bits per heavy atom. The molecule has 0 saturated carbocycles. The molecule has 2 aromatic rings. The molecule has 2 rings (SSSR count). The number of hydrogen-bond acceptors (Lipinski definition) is 3. The van der Waals surface area contributed by atoms with Gasteiger partial charge < -0.3 is 4.90 Å². The molecular weight excluding hydrogens is 261 g/mol. The monoisotopic (exact) mass is 277 g/mol. The van der Waals surface area contributed by atoms with E-state index in [4.69, 9.17) is 0 Å². The van der Waals surface area contributed by atoms with Crippen molar-refractivity contribution in [3.05, 3.63) is 52.0 Å². The molecule has 100 valence electrons. The topological polar surface area (TPSA) is 20.3 Å². The third-order valence-corrected chi connectivity index (χ3v) is 4.16. The molecule has 0 radical (unpaired) electrons. The number of halogens is 1. The Balaban J connectivity index is 2.21. The van der Waals surface area contributed by atoms with E-state index in [1.807, 2.05) is 23.4 Å². The molecule has 19 heavy (non-hydrogen) atoms. The first-order chi connectivity index (χ1) is 9.13. The predicted octanol–water partition coefficient (Wildman–Crippen LogP) is 3.77. The first-order valence-electron chi connectivity index (χ1n) is 6.12. The number of aldehydes is 1. The number of rotatable bonds is 5. The van der Waals surface area contributed by atoms with Crippen LogP contribution in [0.4, 0.5) is 10.1 Å². The molecule has 2 nitrogen and oxygen atoms in total. The van der Waals surface area contributed by atoms with Crippen molar-refractivity contribution in [2.45, 2.75) is 19.4 Å². The summed E-state index contributed by atoms with van der Waals surface area (Å²) in [4.78, 5) is 14.3. The van der Waals surface area contributed by atoms with Gasteiger partial charge in [-0.05, 0) is 30.5 Å². The van der Waals surface area contributed by atoms with Crippen molar-refractivity contribution in [2.75, 3.05) is 11.9 Å². The lowest BCUT2D eigenvalue weighted by Crippen LogP contribution is -2.31. The number of likely N-dealkylation sites (N-methyl/N-ethyl adjacent to an activating group) is 1. The van der Waals surface area contributed by atoms with Gasteiger partial charge in [-0.15, -0.1) is 11.3 Å². The number of benzene rings is 1. The van der Waals surface area contributed by atoms with Crippen LogP contribution in [0.2, 0.25) is 0 Å². The second kappa shape index (κ2) is 5.97. The van der Waals surface area contributed by atoms with Gasteiger partial charge in [0.25, 0.3) is 0 Å². The second-order valence-electron chi connectivity index (χ2n) is 4.53. The van der Waals surface area contributed by atoms with Crippen LogP contribution in [-0.4, -0.2) is 19.4 Å². The van der Waals surface area contributed by atoms with Gasteiger partial charge >= 0.3 is 0 Å². The minimum Gasteiger partial charge on any atom is -0.371 e. The lowest BCUT2D eigenvalue weighted by Gasteiger charge is -2.28. The fourth-order valence-corrected chi connectivity index (χ4v) is 2.87. The lowest BCUT2D eigenvalue weighted by molar-refractivity contribution is 0.112. The molecule has 1 aromatic carbocycles. The number of hydrogen-bond donors (Lipinski definition) is 0. The van der Waals surface area contributed by atoms with Crippen LogP contribution < -0.4 is 4.90 Å². The van der Waals surface area contributed by atoms with Crippen molar-refractivity contribution >= 4 is 23.3 Å². The van der Waals surface area contributed by atoms with Crippen LogP contribution in [0.5, 0.6) is 0 Å². The highest BCUT2D eigenvalue weighted by molar-refractivity contribution is 7.09. The van der Waals surface area contributed by atoms with Crippen LogP contribution >= 0.6 is 11.3 Å². The van der Waals surface area contributed by atoms with Crippen molar-refractivity contribution in [1.82, 2.24) is 0 Å². The van der Waals surface area contributed by atoms with E-state index in [1.165, 1.54) is 10.9 Å². The summed E-state index contributed by atoms with van der Waals surface area (Å²) < 4.78 is 13.6. The van der Waals surface area contributed by atoms with Crippen molar-refractivity contribution in [2.24, 2.45) is 0 Å². The average Bonchev–Trinajstić information content (AvgIpc) is 2.90. The Labute approximate surface area is 116 Å². The fraction of sp³-hybridized carbons (Fsp3) is 0.267. The van der Waals surface area contributed by atoms with Gasteiger partial charge in [0.2, 0.25) is 0 Å². The maximum atomic E-state index is 13.6. The van der Waals surface area contributed by atoms with Crippen molar-refractivity contribution in [1.29, 1.82) is 0 Å². The normalized spacial score (nSPS) is 12.2. The van der Waals surface area contributed by atoms with Gasteiger partial charge in [-0.3, -0.25) is 4.79 Å². The van der Waals surface area contributed by atoms with Gasteiger partial charge in [-0.1, -0.05) is 12.1 Å². The number of carbonyl (C=O) groups is 1. The Morgan fingerprint density at radius 1 is 1.37 bits per heavy atom. The third-order valence-electron chi connectivity index (χ3n) is 3.27. The largest absolute Gasteiger partial charge is 0.371 e. The Kier molecular flexibility index (Phi) is 4.32. The third kappa shape index (κ3) is 3.01. The molecule has 0 amide bonds. The minimum atomic E-state index is -0.470. The summed E-state index contributed by atoms with van der Waals surface area (Å²) in [7, 11) is 1.89. The molecule has 0 saturated heterocycles. The molecule has 0 N–H and O–H groups in total. The summed E-state index contributed by atoms with van der Waals surface area (Å²) in [5, 5.41) is 2.04. The average molecular weight is 277 g/mol. The first-order valence-corrected chi connectivity index (χ1v) is 7.00. The van der Waals surface area contributed by atoms with Gasteiger partial charge in [0.15, 0.2) is 6.29 Å². The van der Waals surface area contributed by atoms with Crippen LogP contribution in [0.3, 0.4) is 0 Å². The van der Waals surface area contributed by atoms with E-state index in [0.29, 0.717) is 12.0 Å². The molecule has 0 aliphatic rings. The van der Waals surface area contributed by atoms with Crippen molar-refractivity contribution < 1.29 is 9.18 Å². The highest BCUT2D eigenvalue weighted by Crippen LogP contribution is 2.24. The van der Waals surface area contributed by atoms with E-state index in [9.17, 15) is 9.18 Å². The predicted molar refractivity (Wildman–Crippen MR) is 77.7 cm³/mol. The van der Waals surface area contributed by atoms with Crippen LogP contribution in [-0.2, 0) is 6.42 Å². The van der Waals surface area contributed by atoms with Gasteiger partial charge in [-0.2, -0.15) is 0 Å². The molecule has 1 unspecified atom stereocenters. The fourth-order valence-electron chi connectivity index (χ4n) is 2.04. The summed E-state index contributed by atoms with van der Waals surface area (Å²) >= 11 is 1.71. The SMILES string of the molecule is CC(Cc1cccs1)N(C)c1cccc(F)c1C=O. The molecular formula is C15H16FNOS. The van der Waals surface area contributed by atoms with E-state index >= 15 is 0 Å². The summed E-state index contributed by atoms with van der Waals surface area (Å²) in [5.74, 6) is -0.470. The van der Waals surface area contributed by atoms with Crippen LogP contribution in [0.1, 0.15) is 22.2 Å². The molecule has 0 aliphatic heterocycles. The molecule has 0 fully saturated rings. The lowest BCUT2D eigenvalue weighted by atomic mass is 10.1. The first kappa shape index (κ1) is 13.7. The van der Waals surface area contributed by atoms with E-state index < -0.39 is 5.82 Å². The zero-order valence-corrected chi connectivity index (χ0v) is 11.8. The Bertz CT molecular complexity index is 553. The van der Waals surface area contributed by atoms with Crippen molar-refractivity contribution in [3.63, 3.8) is 0 Å². The molecule has 0 spiro atoms.